The summed E-state index contributed by atoms with van der Waals surface area (Å²) in [5.41, 5.74) is 5.21. The third-order valence-electron chi connectivity index (χ3n) is 6.53. The van der Waals surface area contributed by atoms with E-state index in [0.29, 0.717) is 23.3 Å². The van der Waals surface area contributed by atoms with E-state index in [9.17, 15) is 4.79 Å². The van der Waals surface area contributed by atoms with Gasteiger partial charge in [0.15, 0.2) is 0 Å². The van der Waals surface area contributed by atoms with Crippen molar-refractivity contribution >= 4 is 29.3 Å². The highest BCUT2D eigenvalue weighted by Crippen LogP contribution is 2.37. The fraction of sp³-hybridized carbons (Fsp3) is 0.258. The first-order valence-corrected chi connectivity index (χ1v) is 14.2. The molecule has 1 aromatic heterocycles. The molecule has 1 atom stereocenters. The number of anilines is 2. The van der Waals surface area contributed by atoms with Crippen LogP contribution in [0.5, 0.6) is 5.75 Å². The van der Waals surface area contributed by atoms with Crippen LogP contribution in [-0.4, -0.2) is 26.4 Å². The van der Waals surface area contributed by atoms with Crippen molar-refractivity contribution in [1.29, 1.82) is 0 Å². The van der Waals surface area contributed by atoms with Crippen molar-refractivity contribution in [2.45, 2.75) is 51.4 Å². The summed E-state index contributed by atoms with van der Waals surface area (Å²) in [6.07, 6.45) is 2.21. The smallest absolute Gasteiger partial charge is 0.255 e. The number of nitrogens with zero attached hydrogens (tertiary/aromatic N) is 3. The van der Waals surface area contributed by atoms with Crippen molar-refractivity contribution in [1.82, 2.24) is 14.8 Å². The molecule has 0 bridgehead atoms. The van der Waals surface area contributed by atoms with Gasteiger partial charge in [-0.15, -0.1) is 5.10 Å². The summed E-state index contributed by atoms with van der Waals surface area (Å²) in [6, 6.07) is 25.3. The molecular formula is C31H33N5O2S. The number of nitrogens with one attached hydrogen (secondary N) is 2. The number of amides is 1. The predicted octanol–water partition coefficient (Wildman–Crippen LogP) is 6.99. The summed E-state index contributed by atoms with van der Waals surface area (Å²) in [6.45, 7) is 6.58. The van der Waals surface area contributed by atoms with Crippen molar-refractivity contribution in [2.75, 3.05) is 16.4 Å². The highest BCUT2D eigenvalue weighted by Gasteiger charge is 2.34. The number of allylic oxidation sites excluding steroid dienone is 1. The molecule has 4 aromatic rings. The summed E-state index contributed by atoms with van der Waals surface area (Å²) in [5, 5.41) is 11.9. The van der Waals surface area contributed by atoms with Gasteiger partial charge in [-0.1, -0.05) is 79.7 Å². The number of fused-ring (bicyclic) bond motifs is 1. The summed E-state index contributed by atoms with van der Waals surface area (Å²) >= 11 is 1.64. The molecule has 0 aliphatic carbocycles. The van der Waals surface area contributed by atoms with Gasteiger partial charge in [0.25, 0.3) is 5.91 Å². The molecule has 0 radical (unpaired) electrons. The van der Waals surface area contributed by atoms with Gasteiger partial charge in [-0.3, -0.25) is 4.79 Å². The molecule has 8 heteroatoms. The molecule has 0 fully saturated rings. The van der Waals surface area contributed by atoms with E-state index < -0.39 is 6.04 Å². The number of carbonyl (C=O) groups is 1. The van der Waals surface area contributed by atoms with Crippen LogP contribution in [0.15, 0.2) is 95.3 Å². The maximum atomic E-state index is 13.7. The summed E-state index contributed by atoms with van der Waals surface area (Å²) in [5.74, 6) is 2.16. The number of ether oxygens (including phenoxy) is 1. The maximum Gasteiger partial charge on any atom is 0.255 e. The zero-order valence-electron chi connectivity index (χ0n) is 22.5. The zero-order valence-corrected chi connectivity index (χ0v) is 23.3. The maximum absolute atomic E-state index is 13.7. The van der Waals surface area contributed by atoms with Crippen LogP contribution in [0.4, 0.5) is 11.6 Å². The number of hydrogen-bond donors (Lipinski definition) is 2. The molecule has 1 unspecified atom stereocenters. The largest absolute Gasteiger partial charge is 0.489 e. The lowest BCUT2D eigenvalue weighted by Gasteiger charge is -2.28. The van der Waals surface area contributed by atoms with Gasteiger partial charge in [0, 0.05) is 17.1 Å². The Morgan fingerprint density at radius 1 is 1.05 bits per heavy atom. The number of hydrogen-bond acceptors (Lipinski definition) is 6. The van der Waals surface area contributed by atoms with Crippen molar-refractivity contribution < 1.29 is 9.53 Å². The van der Waals surface area contributed by atoms with E-state index in [1.165, 1.54) is 0 Å². The van der Waals surface area contributed by atoms with Gasteiger partial charge in [-0.25, -0.2) is 4.68 Å². The van der Waals surface area contributed by atoms with E-state index in [2.05, 4.69) is 17.6 Å². The van der Waals surface area contributed by atoms with Gasteiger partial charge in [0.05, 0.1) is 5.57 Å². The second-order valence-corrected chi connectivity index (χ2v) is 10.7. The van der Waals surface area contributed by atoms with E-state index >= 15 is 0 Å². The lowest BCUT2D eigenvalue weighted by atomic mass is 9.95. The molecule has 1 amide bonds. The lowest BCUT2D eigenvalue weighted by Crippen LogP contribution is -2.31. The molecule has 2 N–H and O–H groups in total. The number of unbranched alkanes of at least 4 members (excludes halogenated alkanes) is 1. The van der Waals surface area contributed by atoms with Crippen LogP contribution < -0.4 is 15.4 Å². The van der Waals surface area contributed by atoms with Crippen LogP contribution in [0.1, 0.15) is 49.4 Å². The van der Waals surface area contributed by atoms with E-state index in [0.717, 1.165) is 52.4 Å². The fourth-order valence-electron chi connectivity index (χ4n) is 4.51. The molecule has 39 heavy (non-hydrogen) atoms. The molecule has 3 aromatic carbocycles. The van der Waals surface area contributed by atoms with Crippen LogP contribution in [-0.2, 0) is 11.4 Å². The van der Waals surface area contributed by atoms with Crippen molar-refractivity contribution in [2.24, 2.45) is 0 Å². The molecule has 1 aliphatic heterocycles. The predicted molar refractivity (Wildman–Crippen MR) is 157 cm³/mol. The molecule has 0 saturated heterocycles. The molecular weight excluding hydrogens is 506 g/mol. The van der Waals surface area contributed by atoms with E-state index in [4.69, 9.17) is 14.8 Å². The Hall–Kier alpha value is -4.04. The quantitative estimate of drug-likeness (QED) is 0.167. The minimum Gasteiger partial charge on any atom is -0.489 e. The van der Waals surface area contributed by atoms with Gasteiger partial charge in [-0.05, 0) is 61.2 Å². The first-order valence-electron chi connectivity index (χ1n) is 13.2. The third kappa shape index (κ3) is 6.34. The highest BCUT2D eigenvalue weighted by atomic mass is 32.2. The van der Waals surface area contributed by atoms with Gasteiger partial charge in [0.1, 0.15) is 18.4 Å². The van der Waals surface area contributed by atoms with E-state index in [1.807, 2.05) is 97.4 Å². The minimum absolute atomic E-state index is 0.179. The SMILES string of the molecule is CCCCSc1nc2n(n1)C(c1ccc(OCc3ccccc3)cc1)C(C(=O)Nc1cccc(C)c1)=C(C)N2. The van der Waals surface area contributed by atoms with Crippen molar-refractivity contribution in [3.05, 3.63) is 107 Å². The second kappa shape index (κ2) is 12.2. The summed E-state index contributed by atoms with van der Waals surface area (Å²) in [7, 11) is 0. The molecule has 2 heterocycles. The summed E-state index contributed by atoms with van der Waals surface area (Å²) in [4.78, 5) is 18.5. The fourth-order valence-corrected chi connectivity index (χ4v) is 5.42. The monoisotopic (exact) mass is 539 g/mol. The Labute approximate surface area is 233 Å². The van der Waals surface area contributed by atoms with Gasteiger partial charge in [-0.2, -0.15) is 4.98 Å². The van der Waals surface area contributed by atoms with Crippen LogP contribution in [0.2, 0.25) is 0 Å². The van der Waals surface area contributed by atoms with Crippen molar-refractivity contribution in [3.63, 3.8) is 0 Å². The molecule has 200 valence electrons. The molecule has 5 rings (SSSR count). The number of aromatic nitrogens is 3. The number of rotatable bonds is 10. The van der Waals surface area contributed by atoms with E-state index in [1.54, 1.807) is 11.8 Å². The highest BCUT2D eigenvalue weighted by molar-refractivity contribution is 7.99. The number of thioether (sulfide) groups is 1. The standard InChI is InChI=1S/C31H33N5O2S/c1-4-5-18-39-31-34-30-32-22(3)27(29(37)33-25-13-9-10-21(2)19-25)28(36(30)35-31)24-14-16-26(17-15-24)38-20-23-11-7-6-8-12-23/h6-17,19,28H,4-5,18,20H2,1-3H3,(H,33,37)(H,32,34,35). The van der Waals surface area contributed by atoms with Crippen LogP contribution in [0.3, 0.4) is 0 Å². The Morgan fingerprint density at radius 2 is 1.85 bits per heavy atom. The second-order valence-electron chi connectivity index (χ2n) is 9.60. The van der Waals surface area contributed by atoms with E-state index in [-0.39, 0.29) is 5.91 Å². The Bertz CT molecular complexity index is 1460. The molecule has 1 aliphatic rings. The number of aryl methyl sites for hydroxylation is 1. The number of benzene rings is 3. The van der Waals surface area contributed by atoms with Crippen LogP contribution in [0.25, 0.3) is 0 Å². The van der Waals surface area contributed by atoms with Gasteiger partial charge in [0.2, 0.25) is 11.1 Å². The van der Waals surface area contributed by atoms with Gasteiger partial charge >= 0.3 is 0 Å². The Kier molecular flexibility index (Phi) is 8.32. The first-order chi connectivity index (χ1) is 19.0. The zero-order chi connectivity index (χ0) is 27.2. The van der Waals surface area contributed by atoms with Crippen LogP contribution in [0, 0.1) is 6.92 Å². The Balaban J connectivity index is 1.45. The lowest BCUT2D eigenvalue weighted by molar-refractivity contribution is -0.113. The normalized spacial score (nSPS) is 14.5. The average molecular weight is 540 g/mol. The minimum atomic E-state index is -0.442. The Morgan fingerprint density at radius 3 is 2.59 bits per heavy atom. The molecule has 0 spiro atoms. The number of carbonyl (C=O) groups excluding carboxylic acids is 1. The molecule has 0 saturated carbocycles. The summed E-state index contributed by atoms with van der Waals surface area (Å²) < 4.78 is 7.83. The molecule has 7 nitrogen and oxygen atoms in total. The van der Waals surface area contributed by atoms with Crippen LogP contribution >= 0.6 is 11.8 Å². The van der Waals surface area contributed by atoms with Crippen molar-refractivity contribution in [3.8, 4) is 5.75 Å². The topological polar surface area (TPSA) is 81.1 Å². The van der Waals surface area contributed by atoms with Gasteiger partial charge < -0.3 is 15.4 Å². The third-order valence-corrected chi connectivity index (χ3v) is 7.45. The average Bonchev–Trinajstić information content (AvgIpc) is 3.34. The first kappa shape index (κ1) is 26.6.